The molecule has 1 fully saturated rings. The molecule has 0 aliphatic carbocycles. The first kappa shape index (κ1) is 17.8. The molecule has 0 bridgehead atoms. The lowest BCUT2D eigenvalue weighted by Gasteiger charge is -2.44. The van der Waals surface area contributed by atoms with E-state index in [-0.39, 0.29) is 24.1 Å². The van der Waals surface area contributed by atoms with Crippen LogP contribution < -0.4 is 0 Å². The van der Waals surface area contributed by atoms with Crippen LogP contribution in [0.4, 0.5) is 0 Å². The number of ketones is 1. The molecule has 0 aromatic heterocycles. The van der Waals surface area contributed by atoms with Crippen LogP contribution in [0.3, 0.4) is 0 Å². The van der Waals surface area contributed by atoms with E-state index in [1.165, 1.54) is 6.92 Å². The van der Waals surface area contributed by atoms with Crippen molar-refractivity contribution in [1.29, 1.82) is 0 Å². The average molecular weight is 331 g/mol. The van der Waals surface area contributed by atoms with Crippen molar-refractivity contribution in [3.8, 4) is 0 Å². The molecule has 1 aromatic rings. The minimum absolute atomic E-state index is 0.198. The summed E-state index contributed by atoms with van der Waals surface area (Å²) in [5.41, 5.74) is 0.469. The van der Waals surface area contributed by atoms with Gasteiger partial charge in [0.1, 0.15) is 6.04 Å². The van der Waals surface area contributed by atoms with Gasteiger partial charge in [-0.2, -0.15) is 0 Å². The van der Waals surface area contributed by atoms with Gasteiger partial charge in [0.2, 0.25) is 11.8 Å². The molecule has 0 spiro atoms. The van der Waals surface area contributed by atoms with E-state index >= 15 is 0 Å². The molecule has 24 heavy (non-hydrogen) atoms. The Morgan fingerprint density at radius 3 is 2.42 bits per heavy atom. The van der Waals surface area contributed by atoms with Crippen LogP contribution in [0.2, 0.25) is 0 Å². The Morgan fingerprint density at radius 2 is 1.83 bits per heavy atom. The van der Waals surface area contributed by atoms with Crippen LogP contribution in [0.15, 0.2) is 30.3 Å². The molecule has 2 atom stereocenters. The molecule has 0 N–H and O–H groups in total. The fraction of sp³-hybridized carbons (Fsp3) is 0.444. The summed E-state index contributed by atoms with van der Waals surface area (Å²) in [5, 5.41) is 0. The third kappa shape index (κ3) is 3.69. The van der Waals surface area contributed by atoms with E-state index in [2.05, 4.69) is 0 Å². The number of Topliss-reactive ketones (excluding diaryl/α,β-unsaturated/α-hetero) is 1. The lowest BCUT2D eigenvalue weighted by molar-refractivity contribution is -0.163. The molecule has 0 radical (unpaired) electrons. The summed E-state index contributed by atoms with van der Waals surface area (Å²) in [7, 11) is 0. The maximum absolute atomic E-state index is 12.7. The van der Waals surface area contributed by atoms with E-state index in [1.807, 2.05) is 0 Å². The van der Waals surface area contributed by atoms with Gasteiger partial charge in [0.25, 0.3) is 0 Å². The van der Waals surface area contributed by atoms with Gasteiger partial charge < -0.3 is 4.74 Å². The smallest absolute Gasteiger partial charge is 0.305 e. The number of carbonyl (C=O) groups is 4. The van der Waals surface area contributed by atoms with Crippen LogP contribution in [0.25, 0.3) is 0 Å². The van der Waals surface area contributed by atoms with Crippen LogP contribution in [-0.2, 0) is 19.1 Å². The van der Waals surface area contributed by atoms with Gasteiger partial charge in [0.05, 0.1) is 12.5 Å². The van der Waals surface area contributed by atoms with Crippen LogP contribution in [0.1, 0.15) is 43.5 Å². The van der Waals surface area contributed by atoms with E-state index in [9.17, 15) is 19.2 Å². The van der Waals surface area contributed by atoms with Gasteiger partial charge in [-0.25, -0.2) is 0 Å². The summed E-state index contributed by atoms with van der Waals surface area (Å²) in [4.78, 5) is 48.9. The number of amides is 2. The maximum Gasteiger partial charge on any atom is 0.305 e. The zero-order valence-electron chi connectivity index (χ0n) is 13.9. The normalized spacial score (nSPS) is 19.6. The summed E-state index contributed by atoms with van der Waals surface area (Å²) in [5.74, 6) is -1.90. The molecule has 2 rings (SSSR count). The van der Waals surface area contributed by atoms with Gasteiger partial charge in [-0.3, -0.25) is 24.1 Å². The van der Waals surface area contributed by atoms with Gasteiger partial charge in [0.15, 0.2) is 5.78 Å². The fourth-order valence-electron chi connectivity index (χ4n) is 2.95. The molecule has 6 nitrogen and oxygen atoms in total. The summed E-state index contributed by atoms with van der Waals surface area (Å²) in [6.45, 7) is 3.32. The number of imide groups is 1. The summed E-state index contributed by atoms with van der Waals surface area (Å²) in [6.07, 6.45) is 1.02. The Kier molecular flexibility index (Phi) is 5.84. The largest absolute Gasteiger partial charge is 0.466 e. The molecule has 1 aliphatic heterocycles. The number of hydrogen-bond donors (Lipinski definition) is 0. The van der Waals surface area contributed by atoms with E-state index in [0.717, 1.165) is 4.90 Å². The molecule has 1 heterocycles. The van der Waals surface area contributed by atoms with E-state index in [4.69, 9.17) is 4.74 Å². The first-order valence-corrected chi connectivity index (χ1v) is 8.05. The topological polar surface area (TPSA) is 80.8 Å². The lowest BCUT2D eigenvalue weighted by atomic mass is 9.79. The Labute approximate surface area is 140 Å². The highest BCUT2D eigenvalue weighted by molar-refractivity contribution is 6.13. The van der Waals surface area contributed by atoms with Crippen molar-refractivity contribution < 1.29 is 23.9 Å². The van der Waals surface area contributed by atoms with Gasteiger partial charge in [-0.15, -0.1) is 0 Å². The number of ether oxygens (including phenoxy) is 1. The third-order valence-corrected chi connectivity index (χ3v) is 4.08. The highest BCUT2D eigenvalue weighted by Gasteiger charge is 2.52. The molecule has 0 saturated carbocycles. The Balaban J connectivity index is 2.06. The van der Waals surface area contributed by atoms with Crippen molar-refractivity contribution in [2.45, 2.75) is 39.2 Å². The number of β-lactam (4-membered cyclic amide) rings is 1. The summed E-state index contributed by atoms with van der Waals surface area (Å²) < 4.78 is 4.85. The van der Waals surface area contributed by atoms with Gasteiger partial charge in [-0.05, 0) is 19.8 Å². The molecule has 1 aliphatic rings. The van der Waals surface area contributed by atoms with Crippen LogP contribution >= 0.6 is 0 Å². The van der Waals surface area contributed by atoms with Crippen LogP contribution in [0.5, 0.6) is 0 Å². The highest BCUT2D eigenvalue weighted by atomic mass is 16.5. The molecule has 1 saturated heterocycles. The van der Waals surface area contributed by atoms with Crippen molar-refractivity contribution in [2.75, 3.05) is 6.61 Å². The molecular formula is C18H21NO5. The first-order chi connectivity index (χ1) is 11.5. The monoisotopic (exact) mass is 331 g/mol. The van der Waals surface area contributed by atoms with Crippen molar-refractivity contribution in [1.82, 2.24) is 4.90 Å². The Bertz CT molecular complexity index is 640. The predicted octanol–water partition coefficient (Wildman–Crippen LogP) is 1.98. The minimum atomic E-state index is -0.778. The fourth-order valence-corrected chi connectivity index (χ4v) is 2.95. The number of esters is 1. The third-order valence-electron chi connectivity index (χ3n) is 4.08. The minimum Gasteiger partial charge on any atom is -0.466 e. The van der Waals surface area contributed by atoms with Crippen LogP contribution in [-0.4, -0.2) is 41.1 Å². The number of rotatable bonds is 7. The zero-order valence-corrected chi connectivity index (χ0v) is 13.9. The van der Waals surface area contributed by atoms with Crippen molar-refractivity contribution in [3.05, 3.63) is 35.9 Å². The molecule has 1 aromatic carbocycles. The second-order valence-corrected chi connectivity index (χ2v) is 5.71. The Hall–Kier alpha value is -2.50. The van der Waals surface area contributed by atoms with Gasteiger partial charge in [-0.1, -0.05) is 30.3 Å². The van der Waals surface area contributed by atoms with E-state index < -0.39 is 17.9 Å². The SMILES string of the molecule is CCOC(=O)CCC[C@H]1C(=O)N(C(C)=O)[C@@H]1C(=O)c1ccccc1. The quantitative estimate of drug-likeness (QED) is 0.433. The second kappa shape index (κ2) is 7.86. The average Bonchev–Trinajstić information content (AvgIpc) is 2.56. The van der Waals surface area contributed by atoms with E-state index in [1.54, 1.807) is 37.3 Å². The molecular weight excluding hydrogens is 310 g/mol. The highest BCUT2D eigenvalue weighted by Crippen LogP contribution is 2.33. The van der Waals surface area contributed by atoms with Crippen molar-refractivity contribution in [2.24, 2.45) is 5.92 Å². The lowest BCUT2D eigenvalue weighted by Crippen LogP contribution is -2.65. The van der Waals surface area contributed by atoms with Crippen molar-refractivity contribution >= 4 is 23.6 Å². The Morgan fingerprint density at radius 1 is 1.17 bits per heavy atom. The molecule has 0 unspecified atom stereocenters. The number of likely N-dealkylation sites (tertiary alicyclic amines) is 1. The number of benzene rings is 1. The number of nitrogens with zero attached hydrogens (tertiary/aromatic N) is 1. The standard InChI is InChI=1S/C18H21NO5/c1-3-24-15(21)11-7-10-14-16(19(12(2)20)18(14)23)17(22)13-8-5-4-6-9-13/h4-6,8-9,14,16H,3,7,10-11H2,1-2H3/t14-,16+/m1/s1. The zero-order chi connectivity index (χ0) is 17.7. The van der Waals surface area contributed by atoms with Crippen molar-refractivity contribution in [3.63, 3.8) is 0 Å². The molecule has 128 valence electrons. The molecule has 2 amide bonds. The number of carbonyl (C=O) groups excluding carboxylic acids is 4. The van der Waals surface area contributed by atoms with Crippen LogP contribution in [0, 0.1) is 5.92 Å². The first-order valence-electron chi connectivity index (χ1n) is 8.05. The summed E-state index contributed by atoms with van der Waals surface area (Å²) in [6, 6.07) is 7.82. The maximum atomic E-state index is 12.7. The van der Waals surface area contributed by atoms with Gasteiger partial charge in [0, 0.05) is 18.9 Å². The molecule has 6 heteroatoms. The summed E-state index contributed by atoms with van der Waals surface area (Å²) >= 11 is 0. The number of hydrogen-bond acceptors (Lipinski definition) is 5. The van der Waals surface area contributed by atoms with E-state index in [0.29, 0.717) is 25.0 Å². The predicted molar refractivity (Wildman–Crippen MR) is 86.1 cm³/mol. The second-order valence-electron chi connectivity index (χ2n) is 5.71. The van der Waals surface area contributed by atoms with Gasteiger partial charge >= 0.3 is 5.97 Å².